The van der Waals surface area contributed by atoms with E-state index in [1.165, 1.54) is 0 Å². The number of hydrogen-bond acceptors (Lipinski definition) is 4. The lowest BCUT2D eigenvalue weighted by Crippen LogP contribution is -2.33. The maximum Gasteiger partial charge on any atom is 0.157 e. The third kappa shape index (κ3) is 2.52. The van der Waals surface area contributed by atoms with Crippen LogP contribution in [0.2, 0.25) is 0 Å². The van der Waals surface area contributed by atoms with Gasteiger partial charge in [0.25, 0.3) is 0 Å². The first-order chi connectivity index (χ1) is 8.08. The van der Waals surface area contributed by atoms with E-state index in [1.54, 1.807) is 10.7 Å². The minimum absolute atomic E-state index is 0.227. The number of aromatic nitrogens is 3. The second-order valence-corrected chi connectivity index (χ2v) is 4.57. The van der Waals surface area contributed by atoms with Crippen molar-refractivity contribution in [1.82, 2.24) is 14.6 Å². The van der Waals surface area contributed by atoms with E-state index < -0.39 is 0 Å². The van der Waals surface area contributed by atoms with Crippen LogP contribution in [-0.2, 0) is 0 Å². The molecule has 0 fully saturated rings. The van der Waals surface area contributed by atoms with Gasteiger partial charge in [-0.15, -0.1) is 0 Å². The highest BCUT2D eigenvalue weighted by atomic mass is 32.1. The molecule has 2 N–H and O–H groups in total. The zero-order valence-electron chi connectivity index (χ0n) is 9.87. The van der Waals surface area contributed by atoms with E-state index in [-0.39, 0.29) is 6.04 Å². The monoisotopic (exact) mass is 249 g/mol. The van der Waals surface area contributed by atoms with Gasteiger partial charge in [0.15, 0.2) is 5.65 Å². The summed E-state index contributed by atoms with van der Waals surface area (Å²) in [6.45, 7) is 2.07. The topological polar surface area (TPSA) is 59.5 Å². The van der Waals surface area contributed by atoms with Crippen molar-refractivity contribution in [3.63, 3.8) is 0 Å². The fourth-order valence-corrected chi connectivity index (χ4v) is 1.89. The van der Waals surface area contributed by atoms with Crippen LogP contribution in [0.5, 0.6) is 0 Å². The molecule has 0 spiro atoms. The lowest BCUT2D eigenvalue weighted by molar-refractivity contribution is 0.704. The molecule has 2 heterocycles. The summed E-state index contributed by atoms with van der Waals surface area (Å²) < 4.78 is 1.73. The number of fused-ring (bicyclic) bond motifs is 1. The molecule has 2 rings (SSSR count). The molecule has 0 amide bonds. The molecule has 2 aromatic heterocycles. The zero-order valence-corrected chi connectivity index (χ0v) is 10.7. The van der Waals surface area contributed by atoms with Gasteiger partial charge in [0.05, 0.1) is 11.2 Å². The third-order valence-electron chi connectivity index (χ3n) is 2.76. The van der Waals surface area contributed by atoms with Crippen molar-refractivity contribution in [2.45, 2.75) is 19.4 Å². The van der Waals surface area contributed by atoms with Crippen LogP contribution in [-0.4, -0.2) is 32.7 Å². The SMILES string of the molecule is CC(CC(N)=S)N(C)c1ccn2nccc2n1. The number of anilines is 1. The predicted octanol–water partition coefficient (Wildman–Crippen LogP) is 1.23. The standard InChI is InChI=1S/C11H15N5S/c1-8(7-9(12)17)15(2)10-4-6-16-11(14-10)3-5-13-16/h3-6,8H,7H2,1-2H3,(H2,12,17). The molecule has 0 aliphatic heterocycles. The van der Waals surface area contributed by atoms with Crippen molar-refractivity contribution in [3.8, 4) is 0 Å². The van der Waals surface area contributed by atoms with E-state index in [4.69, 9.17) is 18.0 Å². The van der Waals surface area contributed by atoms with Crippen LogP contribution < -0.4 is 10.6 Å². The summed E-state index contributed by atoms with van der Waals surface area (Å²) in [6.07, 6.45) is 4.30. The normalized spacial score (nSPS) is 12.6. The van der Waals surface area contributed by atoms with Crippen molar-refractivity contribution in [3.05, 3.63) is 24.5 Å². The molecule has 0 aliphatic carbocycles. The largest absolute Gasteiger partial charge is 0.393 e. The Hall–Kier alpha value is -1.69. The highest BCUT2D eigenvalue weighted by Crippen LogP contribution is 2.14. The molecule has 0 aromatic carbocycles. The van der Waals surface area contributed by atoms with Crippen molar-refractivity contribution in [1.29, 1.82) is 0 Å². The Balaban J connectivity index is 2.23. The Morgan fingerprint density at radius 2 is 2.35 bits per heavy atom. The van der Waals surface area contributed by atoms with Crippen molar-refractivity contribution < 1.29 is 0 Å². The predicted molar refractivity (Wildman–Crippen MR) is 72.3 cm³/mol. The molecular formula is C11H15N5S. The molecule has 0 aliphatic rings. The van der Waals surface area contributed by atoms with Gasteiger partial charge in [-0.05, 0) is 13.0 Å². The Bertz CT molecular complexity index is 535. The van der Waals surface area contributed by atoms with Gasteiger partial charge >= 0.3 is 0 Å². The number of thiocarbonyl (C=S) groups is 1. The van der Waals surface area contributed by atoms with Gasteiger partial charge in [0.1, 0.15) is 5.82 Å². The molecule has 0 saturated heterocycles. The molecule has 17 heavy (non-hydrogen) atoms. The number of hydrogen-bond donors (Lipinski definition) is 1. The quantitative estimate of drug-likeness (QED) is 0.826. The number of nitrogens with two attached hydrogens (primary N) is 1. The van der Waals surface area contributed by atoms with Gasteiger partial charge in [-0.3, -0.25) is 0 Å². The summed E-state index contributed by atoms with van der Waals surface area (Å²) in [6, 6.07) is 4.02. The van der Waals surface area contributed by atoms with Crippen molar-refractivity contribution in [2.24, 2.45) is 5.73 Å². The zero-order chi connectivity index (χ0) is 12.4. The van der Waals surface area contributed by atoms with Gasteiger partial charge in [0, 0.05) is 31.8 Å². The van der Waals surface area contributed by atoms with Crippen LogP contribution in [0.4, 0.5) is 5.82 Å². The van der Waals surface area contributed by atoms with E-state index in [9.17, 15) is 0 Å². The van der Waals surface area contributed by atoms with Crippen LogP contribution >= 0.6 is 12.2 Å². The van der Waals surface area contributed by atoms with Gasteiger partial charge in [-0.1, -0.05) is 12.2 Å². The highest BCUT2D eigenvalue weighted by Gasteiger charge is 2.12. The minimum Gasteiger partial charge on any atom is -0.393 e. The van der Waals surface area contributed by atoms with E-state index in [0.717, 1.165) is 11.5 Å². The summed E-state index contributed by atoms with van der Waals surface area (Å²) in [4.78, 5) is 7.09. The lowest BCUT2D eigenvalue weighted by Gasteiger charge is -2.25. The third-order valence-corrected chi connectivity index (χ3v) is 2.93. The molecule has 0 bridgehead atoms. The van der Waals surface area contributed by atoms with E-state index >= 15 is 0 Å². The Kier molecular flexibility index (Phi) is 3.23. The van der Waals surface area contributed by atoms with Gasteiger partial charge in [-0.2, -0.15) is 5.10 Å². The van der Waals surface area contributed by atoms with Crippen molar-refractivity contribution >= 4 is 28.7 Å². The number of rotatable bonds is 4. The van der Waals surface area contributed by atoms with Crippen LogP contribution in [0, 0.1) is 0 Å². The summed E-state index contributed by atoms with van der Waals surface area (Å²) in [5.74, 6) is 0.891. The minimum atomic E-state index is 0.227. The van der Waals surface area contributed by atoms with Gasteiger partial charge < -0.3 is 10.6 Å². The van der Waals surface area contributed by atoms with Crippen LogP contribution in [0.1, 0.15) is 13.3 Å². The molecular weight excluding hydrogens is 234 g/mol. The van der Waals surface area contributed by atoms with Gasteiger partial charge in [-0.25, -0.2) is 9.50 Å². The average molecular weight is 249 g/mol. The maximum atomic E-state index is 5.55. The molecule has 2 aromatic rings. The molecule has 90 valence electrons. The van der Waals surface area contributed by atoms with Crippen molar-refractivity contribution in [2.75, 3.05) is 11.9 Å². The number of nitrogens with zero attached hydrogens (tertiary/aromatic N) is 4. The average Bonchev–Trinajstić information content (AvgIpc) is 2.73. The highest BCUT2D eigenvalue weighted by molar-refractivity contribution is 7.80. The fraction of sp³-hybridized carbons (Fsp3) is 0.364. The summed E-state index contributed by atoms with van der Waals surface area (Å²) in [5.41, 5.74) is 6.38. The smallest absolute Gasteiger partial charge is 0.157 e. The molecule has 5 nitrogen and oxygen atoms in total. The summed E-state index contributed by atoms with van der Waals surface area (Å²) in [5, 5.41) is 4.11. The van der Waals surface area contributed by atoms with E-state index in [2.05, 4.69) is 21.9 Å². The van der Waals surface area contributed by atoms with E-state index in [1.807, 2.05) is 25.4 Å². The first-order valence-electron chi connectivity index (χ1n) is 5.39. The Morgan fingerprint density at radius 1 is 1.59 bits per heavy atom. The van der Waals surface area contributed by atoms with E-state index in [0.29, 0.717) is 11.4 Å². The first-order valence-corrected chi connectivity index (χ1v) is 5.80. The second kappa shape index (κ2) is 4.67. The summed E-state index contributed by atoms with van der Waals surface area (Å²) in [7, 11) is 1.98. The second-order valence-electron chi connectivity index (χ2n) is 4.05. The van der Waals surface area contributed by atoms with Gasteiger partial charge in [0.2, 0.25) is 0 Å². The molecule has 0 radical (unpaired) electrons. The Labute approximate surface area is 105 Å². The summed E-state index contributed by atoms with van der Waals surface area (Å²) >= 11 is 4.92. The molecule has 0 saturated carbocycles. The molecule has 6 heteroatoms. The lowest BCUT2D eigenvalue weighted by atomic mass is 10.2. The molecule has 1 atom stereocenters. The fourth-order valence-electron chi connectivity index (χ4n) is 1.65. The molecule has 1 unspecified atom stereocenters. The first kappa shape index (κ1) is 11.8. The van der Waals surface area contributed by atoms with Crippen LogP contribution in [0.25, 0.3) is 5.65 Å². The van der Waals surface area contributed by atoms with Crippen LogP contribution in [0.3, 0.4) is 0 Å². The van der Waals surface area contributed by atoms with Crippen LogP contribution in [0.15, 0.2) is 24.5 Å². The Morgan fingerprint density at radius 3 is 3.06 bits per heavy atom. The maximum absolute atomic E-state index is 5.55.